The number of hydrogen-bond donors (Lipinski definition) is 0. The summed E-state index contributed by atoms with van der Waals surface area (Å²) in [6.45, 7) is 4.08. The number of rotatable bonds is 4. The van der Waals surface area contributed by atoms with Crippen LogP contribution in [0.25, 0.3) is 0 Å². The summed E-state index contributed by atoms with van der Waals surface area (Å²) in [4.78, 5) is 0. The van der Waals surface area contributed by atoms with Gasteiger partial charge >= 0.3 is 0 Å². The molecule has 0 aromatic heterocycles. The molecular formula is C13H27F3O2Si2. The molecule has 2 heterocycles. The second-order valence-electron chi connectivity index (χ2n) is 5.59. The normalized spacial score (nSPS) is 28.6. The summed E-state index contributed by atoms with van der Waals surface area (Å²) in [6.07, 6.45) is 0.134. The van der Waals surface area contributed by atoms with Gasteiger partial charge in [-0.05, 0) is 43.9 Å². The highest BCUT2D eigenvalue weighted by Crippen LogP contribution is 2.19. The molecule has 2 aliphatic heterocycles. The molecule has 0 saturated carbocycles. The van der Waals surface area contributed by atoms with Crippen molar-refractivity contribution >= 4 is 18.1 Å². The summed E-state index contributed by atoms with van der Waals surface area (Å²) < 4.78 is 46.9. The van der Waals surface area contributed by atoms with Gasteiger partial charge < -0.3 is 8.85 Å². The van der Waals surface area contributed by atoms with Crippen molar-refractivity contribution in [1.29, 1.82) is 0 Å². The molecule has 120 valence electrons. The molecule has 2 aliphatic rings. The van der Waals surface area contributed by atoms with Crippen LogP contribution in [0.2, 0.25) is 24.7 Å². The van der Waals surface area contributed by atoms with Gasteiger partial charge in [-0.25, -0.2) is 13.2 Å². The minimum absolute atomic E-state index is 0.0193. The van der Waals surface area contributed by atoms with Crippen LogP contribution in [0, 0.1) is 0 Å². The first kappa shape index (κ1) is 18.2. The van der Waals surface area contributed by atoms with Gasteiger partial charge in [0.05, 0.1) is 0 Å². The van der Waals surface area contributed by atoms with Crippen molar-refractivity contribution < 1.29 is 22.0 Å². The van der Waals surface area contributed by atoms with E-state index in [0.29, 0.717) is 6.04 Å². The summed E-state index contributed by atoms with van der Waals surface area (Å²) >= 11 is 0. The van der Waals surface area contributed by atoms with Gasteiger partial charge in [0.15, 0.2) is 24.3 Å². The average Bonchev–Trinajstić information content (AvgIpc) is 2.47. The lowest BCUT2D eigenvalue weighted by molar-refractivity contribution is 0.0475. The van der Waals surface area contributed by atoms with E-state index in [2.05, 4.69) is 6.55 Å². The monoisotopic (exact) mass is 328 g/mol. The first-order valence-electron chi connectivity index (χ1n) is 7.75. The molecule has 3 unspecified atom stereocenters. The van der Waals surface area contributed by atoms with Gasteiger partial charge in [0.1, 0.15) is 0 Å². The van der Waals surface area contributed by atoms with E-state index in [1.807, 2.05) is 0 Å². The highest BCUT2D eigenvalue weighted by atomic mass is 28.3. The van der Waals surface area contributed by atoms with E-state index < -0.39 is 30.7 Å². The van der Waals surface area contributed by atoms with Crippen LogP contribution >= 0.6 is 0 Å². The van der Waals surface area contributed by atoms with Crippen molar-refractivity contribution in [1.82, 2.24) is 0 Å². The number of halogens is 3. The fraction of sp³-hybridized carbons (Fsp3) is 1.00. The Morgan fingerprint density at radius 1 is 0.950 bits per heavy atom. The summed E-state index contributed by atoms with van der Waals surface area (Å²) in [5.74, 6) is 0. The minimum Gasteiger partial charge on any atom is -0.420 e. The second-order valence-corrected chi connectivity index (χ2v) is 10.9. The molecular weight excluding hydrogens is 301 g/mol. The van der Waals surface area contributed by atoms with Crippen LogP contribution in [0.15, 0.2) is 0 Å². The Morgan fingerprint density at radius 2 is 1.60 bits per heavy atom. The quantitative estimate of drug-likeness (QED) is 0.733. The van der Waals surface area contributed by atoms with Crippen LogP contribution in [0.1, 0.15) is 32.1 Å². The van der Waals surface area contributed by atoms with Crippen molar-refractivity contribution in [3.05, 3.63) is 0 Å². The van der Waals surface area contributed by atoms with Crippen molar-refractivity contribution in [2.75, 3.05) is 13.2 Å². The molecule has 2 saturated heterocycles. The predicted molar refractivity (Wildman–Crippen MR) is 80.5 cm³/mol. The molecule has 0 aromatic rings. The third-order valence-corrected chi connectivity index (χ3v) is 8.48. The fourth-order valence-electron chi connectivity index (χ4n) is 2.41. The summed E-state index contributed by atoms with van der Waals surface area (Å²) in [5.41, 5.74) is 0. The number of alkyl halides is 3. The first-order chi connectivity index (χ1) is 9.59. The molecule has 2 nitrogen and oxygen atoms in total. The Hall–Kier alpha value is 0.144. The zero-order valence-electron chi connectivity index (χ0n) is 12.3. The van der Waals surface area contributed by atoms with E-state index in [9.17, 15) is 13.2 Å². The van der Waals surface area contributed by atoms with Gasteiger partial charge in [-0.3, -0.25) is 0 Å². The smallest absolute Gasteiger partial charge is 0.269 e. The van der Waals surface area contributed by atoms with Crippen molar-refractivity contribution in [3.63, 3.8) is 0 Å². The van der Waals surface area contributed by atoms with E-state index >= 15 is 0 Å². The molecule has 20 heavy (non-hydrogen) atoms. The van der Waals surface area contributed by atoms with Crippen molar-refractivity contribution in [2.24, 2.45) is 0 Å². The Balaban J connectivity index is 0.000000240. The Morgan fingerprint density at radius 3 is 2.00 bits per heavy atom. The van der Waals surface area contributed by atoms with Crippen LogP contribution in [0.5, 0.6) is 0 Å². The molecule has 0 bridgehead atoms. The standard InChI is InChI=1S/C8H15F3OSi.C5H12OSi/c9-7(8(10)11)3-6-13-5-2-1-4-12-13;1-7-5-3-2-4-6-7/h7-8,13H,1-6H2;7H,2-5H2,1H3. The zero-order valence-corrected chi connectivity index (χ0v) is 14.6. The molecule has 0 spiro atoms. The molecule has 7 heteroatoms. The van der Waals surface area contributed by atoms with E-state index in [0.717, 1.165) is 32.1 Å². The van der Waals surface area contributed by atoms with Crippen molar-refractivity contribution in [2.45, 2.75) is 69.4 Å². The maximum atomic E-state index is 12.5. The van der Waals surface area contributed by atoms with Crippen LogP contribution in [-0.4, -0.2) is 43.9 Å². The van der Waals surface area contributed by atoms with Crippen LogP contribution < -0.4 is 0 Å². The van der Waals surface area contributed by atoms with E-state index in [4.69, 9.17) is 8.85 Å². The number of hydrogen-bond acceptors (Lipinski definition) is 2. The average molecular weight is 329 g/mol. The molecule has 2 fully saturated rings. The lowest BCUT2D eigenvalue weighted by Gasteiger charge is -2.21. The molecule has 0 radical (unpaired) electrons. The maximum Gasteiger partial charge on any atom is 0.269 e. The van der Waals surface area contributed by atoms with Crippen LogP contribution in [0.3, 0.4) is 0 Å². The Bertz CT molecular complexity index is 236. The summed E-state index contributed by atoms with van der Waals surface area (Å²) in [7, 11) is -1.89. The predicted octanol–water partition coefficient (Wildman–Crippen LogP) is 3.66. The highest BCUT2D eigenvalue weighted by Gasteiger charge is 2.23. The third-order valence-electron chi connectivity index (χ3n) is 3.72. The largest absolute Gasteiger partial charge is 0.420 e. The lowest BCUT2D eigenvalue weighted by atomic mass is 10.3. The molecule has 0 aromatic carbocycles. The van der Waals surface area contributed by atoms with Crippen LogP contribution in [0.4, 0.5) is 13.2 Å². The van der Waals surface area contributed by atoms with Gasteiger partial charge in [0, 0.05) is 13.2 Å². The molecule has 0 amide bonds. The topological polar surface area (TPSA) is 18.5 Å². The first-order valence-corrected chi connectivity index (χ1v) is 12.3. The van der Waals surface area contributed by atoms with E-state index in [-0.39, 0.29) is 6.42 Å². The molecule has 3 atom stereocenters. The van der Waals surface area contributed by atoms with E-state index in [1.54, 1.807) is 0 Å². The second kappa shape index (κ2) is 10.8. The van der Waals surface area contributed by atoms with Gasteiger partial charge in [0.25, 0.3) is 6.43 Å². The Kier molecular flexibility index (Phi) is 9.83. The summed E-state index contributed by atoms with van der Waals surface area (Å²) in [6, 6.07) is 2.99. The minimum atomic E-state index is -2.82. The molecule has 0 aliphatic carbocycles. The third kappa shape index (κ3) is 8.43. The summed E-state index contributed by atoms with van der Waals surface area (Å²) in [5, 5.41) is 0. The fourth-order valence-corrected chi connectivity index (χ4v) is 6.56. The van der Waals surface area contributed by atoms with Gasteiger partial charge in [-0.15, -0.1) is 0 Å². The van der Waals surface area contributed by atoms with Crippen LogP contribution in [-0.2, 0) is 8.85 Å². The zero-order chi connectivity index (χ0) is 14.8. The molecule has 0 N–H and O–H groups in total. The van der Waals surface area contributed by atoms with Crippen molar-refractivity contribution in [3.8, 4) is 0 Å². The SMILES string of the molecule is C[SiH]1CCCCO1.FC(F)C(F)CC[SiH]1CCCCO1. The van der Waals surface area contributed by atoms with Gasteiger partial charge in [-0.1, -0.05) is 12.8 Å². The Labute approximate surface area is 123 Å². The lowest BCUT2D eigenvalue weighted by Crippen LogP contribution is -2.25. The highest BCUT2D eigenvalue weighted by molar-refractivity contribution is 6.52. The van der Waals surface area contributed by atoms with Gasteiger partial charge in [-0.2, -0.15) is 0 Å². The molecule has 2 rings (SSSR count). The van der Waals surface area contributed by atoms with E-state index in [1.165, 1.54) is 18.9 Å². The maximum absolute atomic E-state index is 12.5. The van der Waals surface area contributed by atoms with Gasteiger partial charge in [0.2, 0.25) is 0 Å².